The van der Waals surface area contributed by atoms with Gasteiger partial charge in [-0.3, -0.25) is 14.7 Å². The van der Waals surface area contributed by atoms with Crippen molar-refractivity contribution < 1.29 is 9.53 Å². The molecule has 5 nitrogen and oxygen atoms in total. The highest BCUT2D eigenvalue weighted by atomic mass is 16.5. The predicted molar refractivity (Wildman–Crippen MR) is 81.7 cm³/mol. The van der Waals surface area contributed by atoms with Crippen LogP contribution in [-0.2, 0) is 9.53 Å². The van der Waals surface area contributed by atoms with Gasteiger partial charge < -0.3 is 4.74 Å². The van der Waals surface area contributed by atoms with Crippen molar-refractivity contribution >= 4 is 11.6 Å². The standard InChI is InChI=1S/C16H23N3O2/c1-16(2)12-18(14-6-4-3-5-7-14)19(15(16)20)13-17-8-10-21-11-9-17/h3-7H,8-13H2,1-2H3. The van der Waals surface area contributed by atoms with Gasteiger partial charge in [-0.05, 0) is 26.0 Å². The number of amides is 1. The van der Waals surface area contributed by atoms with Crippen LogP contribution in [0, 0.1) is 5.41 Å². The molecule has 5 heteroatoms. The van der Waals surface area contributed by atoms with E-state index in [9.17, 15) is 4.79 Å². The maximum absolute atomic E-state index is 12.7. The summed E-state index contributed by atoms with van der Waals surface area (Å²) < 4.78 is 5.38. The van der Waals surface area contributed by atoms with Crippen LogP contribution in [0.15, 0.2) is 30.3 Å². The molecule has 0 aromatic heterocycles. The van der Waals surface area contributed by atoms with Gasteiger partial charge in [-0.25, -0.2) is 5.01 Å². The average Bonchev–Trinajstić information content (AvgIpc) is 2.73. The van der Waals surface area contributed by atoms with Crippen molar-refractivity contribution in [3.63, 3.8) is 0 Å². The van der Waals surface area contributed by atoms with E-state index < -0.39 is 0 Å². The van der Waals surface area contributed by atoms with Gasteiger partial charge in [0.1, 0.15) is 0 Å². The maximum atomic E-state index is 12.7. The Hall–Kier alpha value is -1.59. The number of carbonyl (C=O) groups excluding carboxylic acids is 1. The Morgan fingerprint density at radius 2 is 1.81 bits per heavy atom. The third-order valence-electron chi connectivity index (χ3n) is 4.14. The summed E-state index contributed by atoms with van der Waals surface area (Å²) in [6.07, 6.45) is 0. The molecule has 0 aliphatic carbocycles. The van der Waals surface area contributed by atoms with Crippen molar-refractivity contribution in [1.29, 1.82) is 0 Å². The molecule has 21 heavy (non-hydrogen) atoms. The van der Waals surface area contributed by atoms with E-state index in [-0.39, 0.29) is 11.3 Å². The number of hydrogen-bond acceptors (Lipinski definition) is 4. The Bertz CT molecular complexity index is 498. The number of anilines is 1. The zero-order chi connectivity index (χ0) is 14.9. The second-order valence-electron chi connectivity index (χ2n) is 6.35. The molecule has 114 valence electrons. The summed E-state index contributed by atoms with van der Waals surface area (Å²) in [5.74, 6) is 0.192. The Labute approximate surface area is 126 Å². The molecule has 2 saturated heterocycles. The molecule has 1 amide bonds. The van der Waals surface area contributed by atoms with Crippen LogP contribution in [0.4, 0.5) is 5.69 Å². The Balaban J connectivity index is 1.81. The fourth-order valence-electron chi connectivity index (χ4n) is 2.89. The van der Waals surface area contributed by atoms with Gasteiger partial charge in [-0.1, -0.05) is 18.2 Å². The Morgan fingerprint density at radius 1 is 1.14 bits per heavy atom. The molecule has 2 fully saturated rings. The van der Waals surface area contributed by atoms with Crippen molar-refractivity contribution in [1.82, 2.24) is 9.91 Å². The first-order valence-electron chi connectivity index (χ1n) is 7.52. The second kappa shape index (κ2) is 5.66. The van der Waals surface area contributed by atoms with E-state index in [0.717, 1.165) is 38.5 Å². The Morgan fingerprint density at radius 3 is 2.48 bits per heavy atom. The van der Waals surface area contributed by atoms with E-state index in [1.165, 1.54) is 0 Å². The molecule has 0 N–H and O–H groups in total. The smallest absolute Gasteiger partial charge is 0.249 e. The van der Waals surface area contributed by atoms with Gasteiger partial charge >= 0.3 is 0 Å². The Kier molecular flexibility index (Phi) is 3.87. The van der Waals surface area contributed by atoms with Crippen LogP contribution in [0.25, 0.3) is 0 Å². The molecular formula is C16H23N3O2. The van der Waals surface area contributed by atoms with Crippen molar-refractivity contribution in [3.05, 3.63) is 30.3 Å². The van der Waals surface area contributed by atoms with E-state index >= 15 is 0 Å². The van der Waals surface area contributed by atoms with E-state index in [1.807, 2.05) is 37.1 Å². The van der Waals surface area contributed by atoms with Crippen LogP contribution in [-0.4, -0.2) is 55.3 Å². The van der Waals surface area contributed by atoms with E-state index in [0.29, 0.717) is 6.67 Å². The first kappa shape index (κ1) is 14.4. The predicted octanol–water partition coefficient (Wildman–Crippen LogP) is 1.57. The molecule has 0 spiro atoms. The molecule has 2 aliphatic heterocycles. The molecule has 1 aromatic carbocycles. The number of ether oxygens (including phenoxy) is 1. The summed E-state index contributed by atoms with van der Waals surface area (Å²) in [5, 5.41) is 4.00. The highest BCUT2D eigenvalue weighted by Gasteiger charge is 2.44. The lowest BCUT2D eigenvalue weighted by atomic mass is 9.94. The van der Waals surface area contributed by atoms with Gasteiger partial charge in [-0.15, -0.1) is 0 Å². The van der Waals surface area contributed by atoms with Gasteiger partial charge in [0.05, 0.1) is 37.5 Å². The van der Waals surface area contributed by atoms with Crippen molar-refractivity contribution in [3.8, 4) is 0 Å². The molecular weight excluding hydrogens is 266 g/mol. The maximum Gasteiger partial charge on any atom is 0.249 e. The minimum atomic E-state index is -0.345. The topological polar surface area (TPSA) is 36.0 Å². The number of carbonyl (C=O) groups is 1. The average molecular weight is 289 g/mol. The summed E-state index contributed by atoms with van der Waals surface area (Å²) in [4.78, 5) is 15.0. The molecule has 0 saturated carbocycles. The third-order valence-corrected chi connectivity index (χ3v) is 4.14. The molecule has 0 radical (unpaired) electrons. The van der Waals surface area contributed by atoms with Crippen LogP contribution in [0.2, 0.25) is 0 Å². The highest BCUT2D eigenvalue weighted by Crippen LogP contribution is 2.33. The summed E-state index contributed by atoms with van der Waals surface area (Å²) in [5.41, 5.74) is 0.729. The number of morpholine rings is 1. The van der Waals surface area contributed by atoms with E-state index in [2.05, 4.69) is 22.0 Å². The van der Waals surface area contributed by atoms with Gasteiger partial charge in [0.25, 0.3) is 0 Å². The monoisotopic (exact) mass is 289 g/mol. The van der Waals surface area contributed by atoms with Crippen molar-refractivity contribution in [2.45, 2.75) is 13.8 Å². The normalized spacial score (nSPS) is 22.9. The fraction of sp³-hybridized carbons (Fsp3) is 0.562. The molecule has 2 aliphatic rings. The van der Waals surface area contributed by atoms with Gasteiger partial charge in [0.15, 0.2) is 0 Å². The lowest BCUT2D eigenvalue weighted by Crippen LogP contribution is -2.50. The molecule has 0 bridgehead atoms. The lowest BCUT2D eigenvalue weighted by molar-refractivity contribution is -0.137. The number of hydrogen-bond donors (Lipinski definition) is 0. The molecule has 1 aromatic rings. The zero-order valence-corrected chi connectivity index (χ0v) is 12.8. The zero-order valence-electron chi connectivity index (χ0n) is 12.8. The molecule has 3 rings (SSSR count). The highest BCUT2D eigenvalue weighted by molar-refractivity contribution is 5.87. The van der Waals surface area contributed by atoms with Crippen molar-refractivity contribution in [2.75, 3.05) is 44.5 Å². The van der Waals surface area contributed by atoms with Crippen LogP contribution in [0.5, 0.6) is 0 Å². The summed E-state index contributed by atoms with van der Waals surface area (Å²) in [7, 11) is 0. The van der Waals surface area contributed by atoms with Gasteiger partial charge in [0, 0.05) is 13.1 Å². The number of para-hydroxylation sites is 1. The number of nitrogens with zero attached hydrogens (tertiary/aromatic N) is 3. The van der Waals surface area contributed by atoms with Crippen LogP contribution in [0.3, 0.4) is 0 Å². The summed E-state index contributed by atoms with van der Waals surface area (Å²) in [6, 6.07) is 10.1. The fourth-order valence-corrected chi connectivity index (χ4v) is 2.89. The minimum Gasteiger partial charge on any atom is -0.379 e. The van der Waals surface area contributed by atoms with E-state index in [4.69, 9.17) is 4.74 Å². The van der Waals surface area contributed by atoms with Crippen LogP contribution >= 0.6 is 0 Å². The van der Waals surface area contributed by atoms with Gasteiger partial charge in [-0.2, -0.15) is 0 Å². The first-order chi connectivity index (χ1) is 10.1. The quantitative estimate of drug-likeness (QED) is 0.846. The first-order valence-corrected chi connectivity index (χ1v) is 7.52. The molecule has 0 atom stereocenters. The largest absolute Gasteiger partial charge is 0.379 e. The lowest BCUT2D eigenvalue weighted by Gasteiger charge is -2.35. The molecule has 2 heterocycles. The SMILES string of the molecule is CC1(C)CN(c2ccccc2)N(CN2CCOCC2)C1=O. The van der Waals surface area contributed by atoms with E-state index in [1.54, 1.807) is 0 Å². The van der Waals surface area contributed by atoms with Crippen molar-refractivity contribution in [2.24, 2.45) is 5.41 Å². The minimum absolute atomic E-state index is 0.192. The molecule has 0 unspecified atom stereocenters. The van der Waals surface area contributed by atoms with Crippen LogP contribution in [0.1, 0.15) is 13.8 Å². The summed E-state index contributed by atoms with van der Waals surface area (Å²) in [6.45, 7) is 8.66. The third kappa shape index (κ3) is 2.89. The number of rotatable bonds is 3. The number of benzene rings is 1. The van der Waals surface area contributed by atoms with Crippen LogP contribution < -0.4 is 5.01 Å². The number of hydrazine groups is 1. The van der Waals surface area contributed by atoms with Gasteiger partial charge in [0.2, 0.25) is 5.91 Å². The summed E-state index contributed by atoms with van der Waals surface area (Å²) >= 11 is 0. The second-order valence-corrected chi connectivity index (χ2v) is 6.35.